The first-order valence-electron chi connectivity index (χ1n) is 29.1. The van der Waals surface area contributed by atoms with Gasteiger partial charge >= 0.3 is 140 Å². The van der Waals surface area contributed by atoms with Crippen LogP contribution < -0.4 is 0 Å². The van der Waals surface area contributed by atoms with Gasteiger partial charge in [0.25, 0.3) is 158 Å². The fourth-order valence-electron chi connectivity index (χ4n) is 5.61. The molecule has 0 N–H and O–H groups in total. The molecule has 10 aliphatic rings. The molecule has 0 spiro atoms. The molecule has 0 amide bonds. The van der Waals surface area contributed by atoms with Gasteiger partial charge in [0.15, 0.2) is 27.2 Å². The highest BCUT2D eigenvalue weighted by atomic mass is 32.4. The van der Waals surface area contributed by atoms with E-state index in [0.29, 0.717) is 0 Å². The fourth-order valence-corrected chi connectivity index (χ4v) is 34.7. The Morgan fingerprint density at radius 3 is 0.757 bits per heavy atom. The Bertz CT molecular complexity index is 6660. The summed E-state index contributed by atoms with van der Waals surface area (Å²) in [6.07, 6.45) is -43.3. The number of alkyl halides is 20. The summed E-state index contributed by atoms with van der Waals surface area (Å²) in [6.45, 7) is -4.63. The summed E-state index contributed by atoms with van der Waals surface area (Å²) >= 11 is -8.84. The minimum Gasteiger partial charge on any atom is -0.328 e. The normalized spacial score (nSPS) is 30.5. The lowest BCUT2D eigenvalue weighted by Gasteiger charge is -2.26. The summed E-state index contributed by atoms with van der Waals surface area (Å²) in [6, 6.07) is 0. The Hall–Kier alpha value is -2.99. The van der Waals surface area contributed by atoms with Crippen LogP contribution in [0.5, 0.6) is 0 Å². The van der Waals surface area contributed by atoms with E-state index in [-0.39, 0.29) is 13.4 Å². The van der Waals surface area contributed by atoms with Crippen molar-refractivity contribution in [2.45, 2.75) is 78.4 Å². The lowest BCUT2D eigenvalue weighted by atomic mass is 10.4. The van der Waals surface area contributed by atoms with Gasteiger partial charge in [0.2, 0.25) is 39.7 Å². The molecule has 10 saturated heterocycles. The van der Waals surface area contributed by atoms with E-state index in [2.05, 4.69) is 108 Å². The van der Waals surface area contributed by atoms with Crippen molar-refractivity contribution in [1.29, 1.82) is 0 Å². The predicted molar refractivity (Wildman–Crippen MR) is 368 cm³/mol. The van der Waals surface area contributed by atoms with E-state index in [1.54, 1.807) is 0 Å². The van der Waals surface area contributed by atoms with Crippen molar-refractivity contribution in [3.8, 4) is 0 Å². The van der Waals surface area contributed by atoms with Crippen molar-refractivity contribution in [2.75, 3.05) is 88.3 Å². The molecule has 0 aromatic rings. The van der Waals surface area contributed by atoms with E-state index in [9.17, 15) is 269 Å². The molecule has 10 heterocycles. The summed E-state index contributed by atoms with van der Waals surface area (Å²) in [4.78, 5) is 0. The minimum absolute atomic E-state index is 0.314. The highest BCUT2D eigenvalue weighted by Crippen LogP contribution is 2.43. The van der Waals surface area contributed by atoms with E-state index in [1.807, 2.05) is 0 Å². The molecule has 10 rings (SSSR count). The summed E-state index contributed by atoms with van der Waals surface area (Å²) in [5, 5.41) is -12.3. The van der Waals surface area contributed by atoms with Crippen LogP contribution in [0.1, 0.15) is 13.8 Å². The molecule has 0 atom stereocenters. The zero-order valence-electron chi connectivity index (χ0n) is 63.2. The van der Waals surface area contributed by atoms with Crippen LogP contribution in [0.25, 0.3) is 0 Å². The maximum atomic E-state index is 12.6. The van der Waals surface area contributed by atoms with Crippen LogP contribution in [0.4, 0.5) is 87.8 Å². The third kappa shape index (κ3) is 49.2. The van der Waals surface area contributed by atoms with Gasteiger partial charge in [-0.25, -0.2) is 39.7 Å². The lowest BCUT2D eigenvalue weighted by Crippen LogP contribution is -2.47. The maximum Gasteiger partial charge on any atom is 0.514 e. The smallest absolute Gasteiger partial charge is 0.328 e. The molecule has 112 heteroatoms. The molecule has 0 aromatic carbocycles. The van der Waals surface area contributed by atoms with Gasteiger partial charge in [0, 0.05) is 0 Å². The molecular formula is C28H36F20O69S23. The minimum atomic E-state index is -5.84. The maximum absolute atomic E-state index is 12.6. The van der Waals surface area contributed by atoms with Gasteiger partial charge in [-0.2, -0.15) is 237 Å². The Kier molecular flexibility index (Phi) is 44.0. The monoisotopic (exact) mass is 2590 g/mol. The Balaban J connectivity index is 0.000000782. The second-order valence-corrected chi connectivity index (χ2v) is 61.7. The van der Waals surface area contributed by atoms with Gasteiger partial charge in [0.05, 0.1) is 6.61 Å². The Labute approximate surface area is 774 Å². The zero-order valence-corrected chi connectivity index (χ0v) is 82.0. The third-order valence-corrected chi connectivity index (χ3v) is 47.7. The van der Waals surface area contributed by atoms with E-state index in [4.69, 9.17) is 0 Å². The lowest BCUT2D eigenvalue weighted by molar-refractivity contribution is -0.562. The summed E-state index contributed by atoms with van der Waals surface area (Å²) < 4.78 is 784. The molecule has 0 aromatic heterocycles. The van der Waals surface area contributed by atoms with Crippen LogP contribution in [0.3, 0.4) is 0 Å². The second kappa shape index (κ2) is 45.7. The molecule has 69 nitrogen and oxygen atoms in total. The molecule has 0 saturated carbocycles. The van der Waals surface area contributed by atoms with E-state index >= 15 is 0 Å². The summed E-state index contributed by atoms with van der Waals surface area (Å²) in [7, 11) is -96.7. The molecule has 10 aliphatic heterocycles. The molecule has 0 unspecified atom stereocenters. The average Bonchev–Trinajstić information content (AvgIpc) is 0.889. The molecule has 840 valence electrons. The standard InChI is InChI=1S/C4H2F6O8S2.C4H4F4O8S2.C4H6F2O6S2.C4H8O8S2.C3H2F4O6S2.C3H6O7S3.C2H2F2O6S2.C2H4O6S2.CF2O7S3.CH2O7S3/c5-2(6)15-3(7,8)17-19(11,12)1-20(13,14)18-4(9,10)16-2;5-3(6)13-1-14-17(9,10)2-18(11,12)16-4(7,8)15-3;5-4(6)1-11-13(7,8)3-14(9,10)12-2-4;5-13(6)4-14(7,8)12-3-10-1-9-2-11-13;4-2(5)3(6,7)13-15(10,11)1-14(8,9)12-2;1-3(2)12(5,6)9-11(4)10-13(3,7)8;3-2(4)9-11(5,6)1-12(7,8)10-2;3-9(4)2-1-7-10(5,6)8-9;2-1(3)12(5,6)9-11(4)10-13(1,7)8;2-9-7-10(3,4)1-11(5,6)8-9/h1H2;1-2H2;1-3H2;1-4H2;1H2;1-2H3;1H2;1-2H2;;1H2. The topological polar surface area (TPSA) is 974 Å². The fraction of sp³-hybridized carbons (Fsp3) is 1.00. The quantitative estimate of drug-likeness (QED) is 0.161. The van der Waals surface area contributed by atoms with E-state index in [1.165, 1.54) is 0 Å². The summed E-state index contributed by atoms with van der Waals surface area (Å²) in [5.41, 5.74) is 0. The molecular weight excluding hydrogens is 2560 g/mol. The van der Waals surface area contributed by atoms with E-state index in [0.717, 1.165) is 13.8 Å². The van der Waals surface area contributed by atoms with Crippen LogP contribution in [-0.4, -0.2) is 334 Å². The largest absolute Gasteiger partial charge is 0.514 e. The van der Waals surface area contributed by atoms with Crippen molar-refractivity contribution in [3.05, 3.63) is 0 Å². The van der Waals surface area contributed by atoms with Crippen LogP contribution in [0.15, 0.2) is 0 Å². The first-order valence-corrected chi connectivity index (χ1v) is 62.7. The predicted octanol–water partition coefficient (Wildman–Crippen LogP) is -8.38. The van der Waals surface area contributed by atoms with Gasteiger partial charge in [-0.1, -0.05) is 0 Å². The van der Waals surface area contributed by atoms with Crippen molar-refractivity contribution in [1.82, 2.24) is 0 Å². The molecule has 0 bridgehead atoms. The Morgan fingerprint density at radius 1 is 0.236 bits per heavy atom. The highest BCUT2D eigenvalue weighted by Gasteiger charge is 2.69. The number of ether oxygens (including phenoxy) is 6. The highest BCUT2D eigenvalue weighted by molar-refractivity contribution is 8.15. The SMILES string of the molecule is CC1(C)S(=O)(=O)OS(=O)OS1(=O)=O.O=S1(=O)CCOS(=O)(=O)O1.O=S1(=O)CS(=O)(=O)OC(F)(F)C(F)(F)O1.O=S1(=O)CS(=O)(=O)OC(F)(F)O1.O=S1(=O)CS(=O)(=O)OC(F)(F)OC(F)(F)OC(F)(F)O1.O=S1(=O)CS(=O)(=O)OC(F)(F)OC(F)(F)OCO1.O=S1(=O)CS(=O)(=O)OCC(F)(F)CO1.O=S1(=O)CS(=O)(=O)OCOCOCO1.O=S1OS(=O)(=O)C(F)(F)S(=O)(=O)O1.O=S1OS(=O)(=O)CS(=O)(=O)O1. The van der Waals surface area contributed by atoms with Gasteiger partial charge in [-0.05, 0) is 13.8 Å². The zero-order chi connectivity index (χ0) is 111. The Morgan fingerprint density at radius 2 is 0.479 bits per heavy atom. The van der Waals surface area contributed by atoms with Crippen molar-refractivity contribution >= 4 is 237 Å². The van der Waals surface area contributed by atoms with E-state index < -0.39 is 376 Å². The van der Waals surface area contributed by atoms with Crippen LogP contribution in [0, 0.1) is 0 Å². The molecule has 0 radical (unpaired) electrons. The van der Waals surface area contributed by atoms with Gasteiger partial charge in [-0.15, -0.1) is 78.1 Å². The molecule has 0 aliphatic carbocycles. The van der Waals surface area contributed by atoms with Gasteiger partial charge in [0.1, 0.15) is 19.0 Å². The molecule has 140 heavy (non-hydrogen) atoms. The number of rotatable bonds is 0. The second-order valence-electron chi connectivity index (χ2n) is 22.4. The first kappa shape index (κ1) is 135. The number of hydrogen-bond donors (Lipinski definition) is 0. The number of hydrogen-bond acceptors (Lipinski definition) is 69. The average molecular weight is 2590 g/mol. The van der Waals surface area contributed by atoms with Crippen LogP contribution in [0.2, 0.25) is 0 Å². The first-order chi connectivity index (χ1) is 60.8. The van der Waals surface area contributed by atoms with Gasteiger partial charge < -0.3 is 9.47 Å². The third-order valence-electron chi connectivity index (χ3n) is 10.2. The van der Waals surface area contributed by atoms with Crippen molar-refractivity contribution in [3.63, 3.8) is 0 Å². The summed E-state index contributed by atoms with van der Waals surface area (Å²) in [5.74, 6) is -4.06. The van der Waals surface area contributed by atoms with Crippen molar-refractivity contribution in [2.24, 2.45) is 0 Å². The van der Waals surface area contributed by atoms with Crippen molar-refractivity contribution < 1.29 is 377 Å². The van der Waals surface area contributed by atoms with Crippen LogP contribution in [-0.2, 0) is 345 Å². The number of halogens is 20. The van der Waals surface area contributed by atoms with Crippen LogP contribution >= 0.6 is 0 Å². The molecule has 10 fully saturated rings. The van der Waals surface area contributed by atoms with Gasteiger partial charge in [-0.3, -0.25) is 13.1 Å².